The molecule has 0 saturated carbocycles. The second-order valence-electron chi connectivity index (χ2n) is 7.33. The number of anilines is 1. The molecule has 0 fully saturated rings. The highest BCUT2D eigenvalue weighted by Crippen LogP contribution is 2.39. The largest absolute Gasteiger partial charge is 0.497 e. The van der Waals surface area contributed by atoms with Crippen LogP contribution in [0.25, 0.3) is 11.4 Å². The van der Waals surface area contributed by atoms with Crippen molar-refractivity contribution in [1.82, 2.24) is 14.8 Å². The Morgan fingerprint density at radius 2 is 2.15 bits per heavy atom. The number of nitrogens with zero attached hydrogens (tertiary/aromatic N) is 3. The summed E-state index contributed by atoms with van der Waals surface area (Å²) >= 11 is 2.74. The Labute approximate surface area is 200 Å². The van der Waals surface area contributed by atoms with E-state index in [4.69, 9.17) is 9.47 Å². The highest BCUT2D eigenvalue weighted by molar-refractivity contribution is 7.99. The lowest BCUT2D eigenvalue weighted by atomic mass is 10.1. The van der Waals surface area contributed by atoms with Crippen LogP contribution in [0.3, 0.4) is 0 Å². The van der Waals surface area contributed by atoms with E-state index < -0.39 is 5.97 Å². The van der Waals surface area contributed by atoms with Crippen LogP contribution in [0.2, 0.25) is 0 Å². The number of nitrogens with one attached hydrogen (secondary N) is 1. The van der Waals surface area contributed by atoms with E-state index in [2.05, 4.69) is 22.1 Å². The zero-order valence-electron chi connectivity index (χ0n) is 18.4. The lowest BCUT2D eigenvalue weighted by Gasteiger charge is -2.09. The molecule has 0 saturated heterocycles. The van der Waals surface area contributed by atoms with E-state index in [0.29, 0.717) is 28.1 Å². The Hall–Kier alpha value is -3.11. The van der Waals surface area contributed by atoms with E-state index in [-0.39, 0.29) is 11.7 Å². The Kier molecular flexibility index (Phi) is 7.14. The van der Waals surface area contributed by atoms with Crippen molar-refractivity contribution in [2.24, 2.45) is 0 Å². The number of esters is 1. The molecule has 1 aliphatic rings. The van der Waals surface area contributed by atoms with Crippen molar-refractivity contribution < 1.29 is 19.1 Å². The zero-order chi connectivity index (χ0) is 23.4. The standard InChI is InChI=1S/C23H24N4O4S2/c1-4-11-27-20(14-7-5-8-15(12-14)30-2)25-26-23(27)32-13-18(28)24-21-19(22(29)31-3)16-9-6-10-17(16)33-21/h4-5,7-8,12H,1,6,9-11,13H2,2-3H3,(H,24,28). The number of thioether (sulfide) groups is 1. The number of hydrogen-bond donors (Lipinski definition) is 1. The van der Waals surface area contributed by atoms with Crippen molar-refractivity contribution in [1.29, 1.82) is 0 Å². The lowest BCUT2D eigenvalue weighted by Crippen LogP contribution is -2.16. The van der Waals surface area contributed by atoms with E-state index >= 15 is 0 Å². The van der Waals surface area contributed by atoms with Crippen molar-refractivity contribution in [2.75, 3.05) is 25.3 Å². The van der Waals surface area contributed by atoms with Gasteiger partial charge in [0.05, 0.1) is 25.5 Å². The van der Waals surface area contributed by atoms with Gasteiger partial charge in [0.15, 0.2) is 11.0 Å². The molecule has 0 atom stereocenters. The molecule has 4 rings (SSSR count). The minimum Gasteiger partial charge on any atom is -0.497 e. The first-order valence-electron chi connectivity index (χ1n) is 10.4. The number of thiophene rings is 1. The summed E-state index contributed by atoms with van der Waals surface area (Å²) in [6, 6.07) is 7.56. The van der Waals surface area contributed by atoms with Crippen LogP contribution in [0.15, 0.2) is 42.1 Å². The van der Waals surface area contributed by atoms with Gasteiger partial charge >= 0.3 is 5.97 Å². The minimum atomic E-state index is -0.411. The first-order chi connectivity index (χ1) is 16.0. The molecular weight excluding hydrogens is 460 g/mol. The molecule has 1 amide bonds. The van der Waals surface area contributed by atoms with Crippen molar-refractivity contribution in [3.63, 3.8) is 0 Å². The summed E-state index contributed by atoms with van der Waals surface area (Å²) in [4.78, 5) is 26.2. The number of fused-ring (bicyclic) bond motifs is 1. The second kappa shape index (κ2) is 10.2. The average molecular weight is 485 g/mol. The summed E-state index contributed by atoms with van der Waals surface area (Å²) in [5, 5.41) is 12.7. The van der Waals surface area contributed by atoms with Gasteiger partial charge in [0.25, 0.3) is 0 Å². The number of benzene rings is 1. The first kappa shape index (κ1) is 23.1. The summed E-state index contributed by atoms with van der Waals surface area (Å²) in [6.45, 7) is 4.32. The molecule has 33 heavy (non-hydrogen) atoms. The molecule has 0 spiro atoms. The Morgan fingerprint density at radius 1 is 1.30 bits per heavy atom. The maximum Gasteiger partial charge on any atom is 0.341 e. The zero-order valence-corrected chi connectivity index (χ0v) is 20.1. The summed E-state index contributed by atoms with van der Waals surface area (Å²) in [5.74, 6) is 0.876. The highest BCUT2D eigenvalue weighted by atomic mass is 32.2. The number of allylic oxidation sites excluding steroid dienone is 1. The van der Waals surface area contributed by atoms with E-state index in [1.165, 1.54) is 30.2 Å². The molecule has 1 aliphatic carbocycles. The molecule has 1 aromatic carbocycles. The number of amides is 1. The maximum absolute atomic E-state index is 12.7. The van der Waals surface area contributed by atoms with Crippen molar-refractivity contribution in [3.8, 4) is 17.1 Å². The number of methoxy groups -OCH3 is 2. The topological polar surface area (TPSA) is 95.3 Å². The predicted molar refractivity (Wildman–Crippen MR) is 129 cm³/mol. The number of aromatic nitrogens is 3. The summed E-state index contributed by atoms with van der Waals surface area (Å²) in [6.07, 6.45) is 4.53. The fourth-order valence-electron chi connectivity index (χ4n) is 3.77. The SMILES string of the molecule is C=CCn1c(SCC(=O)Nc2sc3c(c2C(=O)OC)CCC3)nnc1-c1cccc(OC)c1. The molecular formula is C23H24N4O4S2. The smallest absolute Gasteiger partial charge is 0.341 e. The van der Waals surface area contributed by atoms with Gasteiger partial charge in [-0.15, -0.1) is 28.1 Å². The summed E-state index contributed by atoms with van der Waals surface area (Å²) in [5.41, 5.74) is 2.35. The van der Waals surface area contributed by atoms with Crippen LogP contribution in [-0.4, -0.2) is 46.6 Å². The maximum atomic E-state index is 12.7. The predicted octanol–water partition coefficient (Wildman–Crippen LogP) is 4.21. The first-order valence-corrected chi connectivity index (χ1v) is 12.2. The average Bonchev–Trinajstić information content (AvgIpc) is 3.52. The fraction of sp³-hybridized carbons (Fsp3) is 0.304. The lowest BCUT2D eigenvalue weighted by molar-refractivity contribution is -0.113. The molecule has 0 aliphatic heterocycles. The number of ether oxygens (including phenoxy) is 2. The van der Waals surface area contributed by atoms with Gasteiger partial charge in [-0.2, -0.15) is 0 Å². The molecule has 8 nitrogen and oxygen atoms in total. The number of carbonyl (C=O) groups excluding carboxylic acids is 2. The Bertz CT molecular complexity index is 1200. The molecule has 2 aromatic heterocycles. The Morgan fingerprint density at radius 3 is 2.91 bits per heavy atom. The number of carbonyl (C=O) groups is 2. The van der Waals surface area contributed by atoms with Crippen LogP contribution in [-0.2, 0) is 28.9 Å². The van der Waals surface area contributed by atoms with Gasteiger partial charge in [0, 0.05) is 17.0 Å². The van der Waals surface area contributed by atoms with E-state index in [1.807, 2.05) is 28.8 Å². The fourth-order valence-corrected chi connectivity index (χ4v) is 5.81. The van der Waals surface area contributed by atoms with Crippen molar-refractivity contribution in [2.45, 2.75) is 31.0 Å². The van der Waals surface area contributed by atoms with Gasteiger partial charge in [0.2, 0.25) is 5.91 Å². The highest BCUT2D eigenvalue weighted by Gasteiger charge is 2.28. The third kappa shape index (κ3) is 4.81. The molecule has 1 N–H and O–H groups in total. The van der Waals surface area contributed by atoms with Crippen LogP contribution in [0, 0.1) is 0 Å². The number of aryl methyl sites for hydroxylation is 1. The Balaban J connectivity index is 1.50. The molecule has 10 heteroatoms. The number of rotatable bonds is 9. The summed E-state index contributed by atoms with van der Waals surface area (Å²) in [7, 11) is 2.97. The monoisotopic (exact) mass is 484 g/mol. The van der Waals surface area contributed by atoms with E-state index in [0.717, 1.165) is 41.0 Å². The van der Waals surface area contributed by atoms with Crippen molar-refractivity contribution >= 4 is 40.0 Å². The van der Waals surface area contributed by atoms with Gasteiger partial charge in [-0.3, -0.25) is 9.36 Å². The van der Waals surface area contributed by atoms with Crippen LogP contribution in [0.1, 0.15) is 27.2 Å². The van der Waals surface area contributed by atoms with Crippen LogP contribution in [0.5, 0.6) is 5.75 Å². The summed E-state index contributed by atoms with van der Waals surface area (Å²) < 4.78 is 12.2. The molecule has 3 aromatic rings. The van der Waals surface area contributed by atoms with Gasteiger partial charge in [-0.1, -0.05) is 30.0 Å². The minimum absolute atomic E-state index is 0.122. The normalized spacial score (nSPS) is 12.3. The third-order valence-electron chi connectivity index (χ3n) is 5.25. The van der Waals surface area contributed by atoms with E-state index in [1.54, 1.807) is 13.2 Å². The van der Waals surface area contributed by atoms with Gasteiger partial charge in [-0.25, -0.2) is 4.79 Å². The van der Waals surface area contributed by atoms with Gasteiger partial charge in [-0.05, 0) is 37.0 Å². The molecule has 0 unspecified atom stereocenters. The molecule has 2 heterocycles. The van der Waals surface area contributed by atoms with Crippen molar-refractivity contribution in [3.05, 3.63) is 52.9 Å². The van der Waals surface area contributed by atoms with Crippen LogP contribution in [0.4, 0.5) is 5.00 Å². The number of hydrogen-bond acceptors (Lipinski definition) is 8. The quantitative estimate of drug-likeness (QED) is 0.276. The van der Waals surface area contributed by atoms with Crippen LogP contribution >= 0.6 is 23.1 Å². The second-order valence-corrected chi connectivity index (χ2v) is 9.37. The van der Waals surface area contributed by atoms with E-state index in [9.17, 15) is 9.59 Å². The molecule has 0 radical (unpaired) electrons. The third-order valence-corrected chi connectivity index (χ3v) is 7.43. The van der Waals surface area contributed by atoms with Gasteiger partial charge in [0.1, 0.15) is 10.8 Å². The molecule has 0 bridgehead atoms. The molecule has 172 valence electrons. The van der Waals surface area contributed by atoms with Crippen LogP contribution < -0.4 is 10.1 Å². The van der Waals surface area contributed by atoms with Gasteiger partial charge < -0.3 is 14.8 Å².